The van der Waals surface area contributed by atoms with Crippen molar-refractivity contribution < 1.29 is 19.1 Å². The van der Waals surface area contributed by atoms with Gasteiger partial charge in [0.2, 0.25) is 0 Å². The maximum absolute atomic E-state index is 13.8. The summed E-state index contributed by atoms with van der Waals surface area (Å²) in [6, 6.07) is -0.314. The number of rotatable bonds is 1. The number of pyridine rings is 1. The molecule has 0 N–H and O–H groups in total. The zero-order valence-corrected chi connectivity index (χ0v) is 20.8. The topological polar surface area (TPSA) is 75.2 Å². The quantitative estimate of drug-likeness (QED) is 0.541. The van der Waals surface area contributed by atoms with Crippen LogP contribution in [0.15, 0.2) is 0 Å². The first-order chi connectivity index (χ1) is 15.6. The number of carbonyl (C=O) groups excluding carboxylic acids is 2. The van der Waals surface area contributed by atoms with Crippen LogP contribution in [0.4, 0.5) is 10.6 Å². The van der Waals surface area contributed by atoms with Gasteiger partial charge < -0.3 is 24.2 Å². The molecule has 8 nitrogen and oxygen atoms in total. The Balaban J connectivity index is 1.43. The minimum atomic E-state index is -0.585. The molecule has 5 rings (SSSR count). The number of piperazine rings is 1. The lowest BCUT2D eigenvalue weighted by Gasteiger charge is -2.40. The van der Waals surface area contributed by atoms with Gasteiger partial charge in [-0.3, -0.25) is 4.79 Å². The molecule has 1 unspecified atom stereocenters. The monoisotopic (exact) mass is 496 g/mol. The van der Waals surface area contributed by atoms with Crippen LogP contribution in [0.5, 0.6) is 5.75 Å². The number of fused-ring (bicyclic) bond motifs is 2. The van der Waals surface area contributed by atoms with Gasteiger partial charge in [0, 0.05) is 32.7 Å². The van der Waals surface area contributed by atoms with Crippen molar-refractivity contribution in [3.63, 3.8) is 0 Å². The first-order valence-corrected chi connectivity index (χ1v) is 12.4. The zero-order chi connectivity index (χ0) is 23.5. The molecule has 3 aliphatic heterocycles. The van der Waals surface area contributed by atoms with Crippen LogP contribution >= 0.6 is 23.2 Å². The molecule has 4 heterocycles. The highest BCUT2D eigenvalue weighted by Crippen LogP contribution is 2.50. The van der Waals surface area contributed by atoms with Gasteiger partial charge in [-0.05, 0) is 45.4 Å². The summed E-state index contributed by atoms with van der Waals surface area (Å²) in [6.45, 7) is 8.52. The van der Waals surface area contributed by atoms with Gasteiger partial charge in [0.05, 0.1) is 6.04 Å². The van der Waals surface area contributed by atoms with Crippen LogP contribution in [0.2, 0.25) is 10.2 Å². The Kier molecular flexibility index (Phi) is 5.59. The highest BCUT2D eigenvalue weighted by atomic mass is 35.5. The lowest BCUT2D eigenvalue weighted by Crippen LogP contribution is -2.58. The Bertz CT molecular complexity index is 992. The molecule has 1 spiro atoms. The summed E-state index contributed by atoms with van der Waals surface area (Å²) >= 11 is 12.9. The molecule has 180 valence electrons. The lowest BCUT2D eigenvalue weighted by atomic mass is 9.68. The molecule has 10 heteroatoms. The van der Waals surface area contributed by atoms with Crippen molar-refractivity contribution in [3.8, 4) is 5.75 Å². The average Bonchev–Trinajstić information content (AvgIpc) is 3.13. The highest BCUT2D eigenvalue weighted by molar-refractivity contribution is 6.42. The maximum atomic E-state index is 13.8. The third-order valence-electron chi connectivity index (χ3n) is 7.22. The number of carbonyl (C=O) groups is 2. The molecule has 3 fully saturated rings. The number of nitrogens with zero attached hydrogens (tertiary/aromatic N) is 4. The Morgan fingerprint density at radius 2 is 1.94 bits per heavy atom. The Labute approximate surface area is 204 Å². The maximum Gasteiger partial charge on any atom is 0.410 e. The first kappa shape index (κ1) is 22.8. The standard InChI is InChI=1S/C23H30Cl2N4O4/c1-22(2,3)33-21(31)27-9-10-29-14(11-27)12-32-17-15(20(29)30)19(26-18(25)16(17)24)28-8-7-23(13-28)5-4-6-23/h14H,4-13H2,1-3H3. The van der Waals surface area contributed by atoms with Crippen LogP contribution < -0.4 is 9.64 Å². The molecule has 33 heavy (non-hydrogen) atoms. The van der Waals surface area contributed by atoms with Crippen LogP contribution in [0.1, 0.15) is 56.8 Å². The summed E-state index contributed by atoms with van der Waals surface area (Å²) in [5.41, 5.74) is 0.129. The van der Waals surface area contributed by atoms with Gasteiger partial charge >= 0.3 is 6.09 Å². The average molecular weight is 497 g/mol. The summed E-state index contributed by atoms with van der Waals surface area (Å²) in [7, 11) is 0. The fraction of sp³-hybridized carbons (Fsp3) is 0.696. The third kappa shape index (κ3) is 4.09. The molecule has 4 aliphatic rings. The van der Waals surface area contributed by atoms with E-state index in [-0.39, 0.29) is 34.8 Å². The van der Waals surface area contributed by atoms with Crippen molar-refractivity contribution in [2.75, 3.05) is 44.2 Å². The molecule has 2 saturated heterocycles. The summed E-state index contributed by atoms with van der Waals surface area (Å²) in [6.07, 6.45) is 4.39. The van der Waals surface area contributed by atoms with Gasteiger partial charge in [0.25, 0.3) is 5.91 Å². The van der Waals surface area contributed by atoms with Crippen molar-refractivity contribution in [2.45, 2.75) is 58.1 Å². The molecule has 1 atom stereocenters. The van der Waals surface area contributed by atoms with Crippen LogP contribution in [-0.4, -0.2) is 77.8 Å². The van der Waals surface area contributed by atoms with Gasteiger partial charge in [0.15, 0.2) is 10.9 Å². The number of hydrogen-bond donors (Lipinski definition) is 0. The van der Waals surface area contributed by atoms with E-state index in [1.807, 2.05) is 20.8 Å². The molecule has 0 radical (unpaired) electrons. The number of hydrogen-bond acceptors (Lipinski definition) is 6. The largest absolute Gasteiger partial charge is 0.489 e. The molecular weight excluding hydrogens is 467 g/mol. The van der Waals surface area contributed by atoms with Crippen LogP contribution in [0.3, 0.4) is 0 Å². The fourth-order valence-electron chi connectivity index (χ4n) is 5.34. The predicted octanol–water partition coefficient (Wildman–Crippen LogP) is 4.22. The molecule has 1 aliphatic carbocycles. The van der Waals surface area contributed by atoms with Crippen LogP contribution in [-0.2, 0) is 4.74 Å². The predicted molar refractivity (Wildman–Crippen MR) is 125 cm³/mol. The number of aromatic nitrogens is 1. The smallest absolute Gasteiger partial charge is 0.410 e. The summed E-state index contributed by atoms with van der Waals surface area (Å²) in [5, 5.41) is 0.299. The van der Waals surface area contributed by atoms with E-state index in [1.165, 1.54) is 19.3 Å². The number of halogens is 2. The molecule has 1 saturated carbocycles. The molecule has 2 amide bonds. The Morgan fingerprint density at radius 3 is 2.58 bits per heavy atom. The van der Waals surface area contributed by atoms with Crippen molar-refractivity contribution in [3.05, 3.63) is 15.7 Å². The number of ether oxygens (including phenoxy) is 2. The highest BCUT2D eigenvalue weighted by Gasteiger charge is 2.46. The molecule has 0 aromatic carbocycles. The minimum Gasteiger partial charge on any atom is -0.489 e. The summed E-state index contributed by atoms with van der Waals surface area (Å²) < 4.78 is 11.6. The van der Waals surface area contributed by atoms with E-state index >= 15 is 0 Å². The van der Waals surface area contributed by atoms with Crippen molar-refractivity contribution in [1.29, 1.82) is 0 Å². The minimum absolute atomic E-state index is 0.142. The van der Waals surface area contributed by atoms with Gasteiger partial charge in [-0.15, -0.1) is 0 Å². The van der Waals surface area contributed by atoms with E-state index in [2.05, 4.69) is 9.88 Å². The number of anilines is 1. The van der Waals surface area contributed by atoms with E-state index in [1.54, 1.807) is 9.80 Å². The zero-order valence-electron chi connectivity index (χ0n) is 19.3. The molecule has 1 aromatic rings. The van der Waals surface area contributed by atoms with E-state index in [0.29, 0.717) is 42.2 Å². The normalized spacial score (nSPS) is 24.1. The van der Waals surface area contributed by atoms with E-state index in [4.69, 9.17) is 32.7 Å². The molecule has 0 bridgehead atoms. The second-order valence-corrected chi connectivity index (χ2v) is 11.4. The van der Waals surface area contributed by atoms with Gasteiger partial charge in [-0.2, -0.15) is 0 Å². The van der Waals surface area contributed by atoms with Crippen molar-refractivity contribution in [1.82, 2.24) is 14.8 Å². The Morgan fingerprint density at radius 1 is 1.18 bits per heavy atom. The van der Waals surface area contributed by atoms with Gasteiger partial charge in [0.1, 0.15) is 28.6 Å². The van der Waals surface area contributed by atoms with E-state index < -0.39 is 5.60 Å². The van der Waals surface area contributed by atoms with Crippen LogP contribution in [0.25, 0.3) is 0 Å². The van der Waals surface area contributed by atoms with E-state index in [0.717, 1.165) is 19.5 Å². The first-order valence-electron chi connectivity index (χ1n) is 11.6. The second kappa shape index (κ2) is 8.08. The lowest BCUT2D eigenvalue weighted by molar-refractivity contribution is 0.000955. The summed E-state index contributed by atoms with van der Waals surface area (Å²) in [5.74, 6) is 0.680. The van der Waals surface area contributed by atoms with Gasteiger partial charge in [-0.1, -0.05) is 29.6 Å². The van der Waals surface area contributed by atoms with Crippen molar-refractivity contribution >= 4 is 41.0 Å². The second-order valence-electron chi connectivity index (χ2n) is 10.7. The number of amides is 2. The molecular formula is C23H30Cl2N4O4. The SMILES string of the molecule is CC(C)(C)OC(=O)N1CCN2C(=O)c3c(N4CCC5(CCC5)C4)nc(Cl)c(Cl)c3OCC2C1. The molecule has 1 aromatic heterocycles. The van der Waals surface area contributed by atoms with Gasteiger partial charge in [-0.25, -0.2) is 9.78 Å². The third-order valence-corrected chi connectivity index (χ3v) is 7.94. The Hall–Kier alpha value is -1.93. The van der Waals surface area contributed by atoms with Crippen molar-refractivity contribution in [2.24, 2.45) is 5.41 Å². The summed E-state index contributed by atoms with van der Waals surface area (Å²) in [4.78, 5) is 36.5. The van der Waals surface area contributed by atoms with Crippen LogP contribution in [0, 0.1) is 5.41 Å². The fourth-order valence-corrected chi connectivity index (χ4v) is 5.70. The van der Waals surface area contributed by atoms with E-state index in [9.17, 15) is 9.59 Å².